The molecule has 2 amide bonds. The van der Waals surface area contributed by atoms with Crippen LogP contribution in [0.1, 0.15) is 55.0 Å². The van der Waals surface area contributed by atoms with Crippen LogP contribution in [0.25, 0.3) is 0 Å². The van der Waals surface area contributed by atoms with Crippen molar-refractivity contribution in [2.75, 3.05) is 17.2 Å². The maximum Gasteiger partial charge on any atom is 0.338 e. The van der Waals surface area contributed by atoms with E-state index in [1.807, 2.05) is 0 Å². The summed E-state index contributed by atoms with van der Waals surface area (Å²) in [5.41, 5.74) is 2.28. The molecular weight excluding hydrogens is 448 g/mol. The summed E-state index contributed by atoms with van der Waals surface area (Å²) >= 11 is 0. The number of ether oxygens (including phenoxy) is 1. The number of esters is 1. The molecule has 174 valence electrons. The van der Waals surface area contributed by atoms with Gasteiger partial charge in [-0.1, -0.05) is 24.3 Å². The zero-order chi connectivity index (χ0) is 24.5. The van der Waals surface area contributed by atoms with Gasteiger partial charge in [-0.3, -0.25) is 19.2 Å². The molecular formula is C27H20N2O6. The Morgan fingerprint density at radius 2 is 1.34 bits per heavy atom. The number of carbonyl (C=O) groups is 5. The molecule has 0 spiro atoms. The second-order valence-electron chi connectivity index (χ2n) is 8.43. The summed E-state index contributed by atoms with van der Waals surface area (Å²) in [6.45, 7) is -0.536. The van der Waals surface area contributed by atoms with Crippen LogP contribution in [-0.2, 0) is 14.3 Å². The quantitative estimate of drug-likeness (QED) is 0.418. The number of amides is 2. The van der Waals surface area contributed by atoms with Crippen LogP contribution in [0.3, 0.4) is 0 Å². The number of hydrogen-bond donors (Lipinski definition) is 2. The molecule has 35 heavy (non-hydrogen) atoms. The Morgan fingerprint density at radius 1 is 0.743 bits per heavy atom. The second-order valence-corrected chi connectivity index (χ2v) is 8.43. The van der Waals surface area contributed by atoms with Gasteiger partial charge in [0.1, 0.15) is 0 Å². The molecule has 0 aliphatic heterocycles. The number of rotatable bonds is 6. The SMILES string of the molecule is O=C(COC(=O)c1ccc(NC(=O)C2CC2)cc1)Nc1ccc2c(c1)C(=O)c1ccccc1C2=O. The van der Waals surface area contributed by atoms with Gasteiger partial charge in [0.15, 0.2) is 18.2 Å². The Balaban J connectivity index is 1.18. The summed E-state index contributed by atoms with van der Waals surface area (Å²) in [7, 11) is 0. The van der Waals surface area contributed by atoms with Crippen molar-refractivity contribution < 1.29 is 28.7 Å². The Bertz CT molecular complexity index is 1390. The first-order valence-corrected chi connectivity index (χ1v) is 11.1. The highest BCUT2D eigenvalue weighted by Gasteiger charge is 2.30. The van der Waals surface area contributed by atoms with Crippen LogP contribution in [0.5, 0.6) is 0 Å². The summed E-state index contributed by atoms with van der Waals surface area (Å²) < 4.78 is 5.07. The third-order valence-corrected chi connectivity index (χ3v) is 5.88. The lowest BCUT2D eigenvalue weighted by Gasteiger charge is -2.18. The largest absolute Gasteiger partial charge is 0.452 e. The number of hydrogen-bond acceptors (Lipinski definition) is 6. The summed E-state index contributed by atoms with van der Waals surface area (Å²) in [5.74, 6) is -1.79. The topological polar surface area (TPSA) is 119 Å². The fourth-order valence-corrected chi connectivity index (χ4v) is 3.87. The molecule has 2 aliphatic rings. The summed E-state index contributed by atoms with van der Waals surface area (Å²) in [6.07, 6.45) is 1.79. The minimum Gasteiger partial charge on any atom is -0.452 e. The van der Waals surface area contributed by atoms with Gasteiger partial charge >= 0.3 is 5.97 Å². The van der Waals surface area contributed by atoms with E-state index >= 15 is 0 Å². The van der Waals surface area contributed by atoms with E-state index in [1.54, 1.807) is 36.4 Å². The second kappa shape index (κ2) is 8.98. The maximum absolute atomic E-state index is 12.8. The zero-order valence-corrected chi connectivity index (χ0v) is 18.5. The summed E-state index contributed by atoms with van der Waals surface area (Å²) in [5, 5.41) is 5.36. The number of fused-ring (bicyclic) bond motifs is 2. The van der Waals surface area contributed by atoms with Crippen molar-refractivity contribution >= 4 is 40.7 Å². The van der Waals surface area contributed by atoms with Crippen LogP contribution in [0.2, 0.25) is 0 Å². The molecule has 0 aromatic heterocycles. The van der Waals surface area contributed by atoms with Gasteiger partial charge in [-0.05, 0) is 55.3 Å². The first-order valence-electron chi connectivity index (χ1n) is 11.1. The number of ketones is 2. The van der Waals surface area contributed by atoms with Crippen LogP contribution < -0.4 is 10.6 Å². The van der Waals surface area contributed by atoms with E-state index in [9.17, 15) is 24.0 Å². The molecule has 3 aromatic rings. The van der Waals surface area contributed by atoms with Crippen LogP contribution in [0.4, 0.5) is 11.4 Å². The fraction of sp³-hybridized carbons (Fsp3) is 0.148. The highest BCUT2D eigenvalue weighted by Crippen LogP contribution is 2.30. The number of anilines is 2. The molecule has 2 N–H and O–H groups in total. The molecule has 0 heterocycles. The highest BCUT2D eigenvalue weighted by molar-refractivity contribution is 6.28. The van der Waals surface area contributed by atoms with E-state index in [0.29, 0.717) is 22.5 Å². The number of benzene rings is 3. The Morgan fingerprint density at radius 3 is 2.00 bits per heavy atom. The van der Waals surface area contributed by atoms with E-state index < -0.39 is 18.5 Å². The highest BCUT2D eigenvalue weighted by atomic mass is 16.5. The molecule has 5 rings (SSSR count). The third kappa shape index (κ3) is 4.59. The molecule has 8 nitrogen and oxygen atoms in total. The lowest BCUT2D eigenvalue weighted by Crippen LogP contribution is -2.23. The van der Waals surface area contributed by atoms with E-state index in [1.165, 1.54) is 30.3 Å². The molecule has 2 aliphatic carbocycles. The van der Waals surface area contributed by atoms with Gasteiger partial charge in [0.2, 0.25) is 5.91 Å². The van der Waals surface area contributed by atoms with Crippen molar-refractivity contribution in [2.45, 2.75) is 12.8 Å². The first kappa shape index (κ1) is 22.2. The molecule has 0 unspecified atom stereocenters. The molecule has 1 fully saturated rings. The van der Waals surface area contributed by atoms with Gasteiger partial charge in [0, 0.05) is 39.5 Å². The Kier molecular flexibility index (Phi) is 5.70. The van der Waals surface area contributed by atoms with Crippen molar-refractivity contribution in [1.82, 2.24) is 0 Å². The average Bonchev–Trinajstić information content (AvgIpc) is 3.72. The lowest BCUT2D eigenvalue weighted by molar-refractivity contribution is -0.119. The summed E-state index contributed by atoms with van der Waals surface area (Å²) in [6, 6.07) is 17.3. The number of nitrogens with one attached hydrogen (secondary N) is 2. The zero-order valence-electron chi connectivity index (χ0n) is 18.5. The van der Waals surface area contributed by atoms with Crippen LogP contribution >= 0.6 is 0 Å². The van der Waals surface area contributed by atoms with Gasteiger partial charge in [-0.2, -0.15) is 0 Å². The van der Waals surface area contributed by atoms with Crippen LogP contribution in [0, 0.1) is 5.92 Å². The molecule has 0 atom stereocenters. The van der Waals surface area contributed by atoms with Gasteiger partial charge in [0.25, 0.3) is 5.91 Å². The fourth-order valence-electron chi connectivity index (χ4n) is 3.87. The van der Waals surface area contributed by atoms with Crippen molar-refractivity contribution in [3.05, 3.63) is 94.5 Å². The molecule has 8 heteroatoms. The predicted octanol–water partition coefficient (Wildman–Crippen LogP) is 3.61. The lowest BCUT2D eigenvalue weighted by atomic mass is 9.84. The van der Waals surface area contributed by atoms with Gasteiger partial charge in [-0.25, -0.2) is 4.79 Å². The molecule has 1 saturated carbocycles. The third-order valence-electron chi connectivity index (χ3n) is 5.88. The number of carbonyl (C=O) groups excluding carboxylic acids is 5. The predicted molar refractivity (Wildman–Crippen MR) is 126 cm³/mol. The van der Waals surface area contributed by atoms with E-state index in [0.717, 1.165) is 12.8 Å². The normalized spacial score (nSPS) is 13.9. The standard InChI is InChI=1S/C27H20N2O6/c30-23(14-35-27(34)16-7-9-17(10-8-16)29-26(33)15-5-6-15)28-18-11-12-21-22(13-18)25(32)20-4-2-1-3-19(20)24(21)31/h1-4,7-13,15H,5-6,14H2,(H,28,30)(H,29,33). The van der Waals surface area contributed by atoms with E-state index in [2.05, 4.69) is 10.6 Å². The minimum atomic E-state index is -0.692. The van der Waals surface area contributed by atoms with Crippen molar-refractivity contribution in [1.29, 1.82) is 0 Å². The monoisotopic (exact) mass is 468 g/mol. The van der Waals surface area contributed by atoms with E-state index in [4.69, 9.17) is 4.74 Å². The van der Waals surface area contributed by atoms with Gasteiger partial charge in [-0.15, -0.1) is 0 Å². The molecule has 3 aromatic carbocycles. The van der Waals surface area contributed by atoms with Crippen LogP contribution in [0.15, 0.2) is 66.7 Å². The molecule has 0 bridgehead atoms. The summed E-state index contributed by atoms with van der Waals surface area (Å²) in [4.78, 5) is 61.9. The average molecular weight is 468 g/mol. The smallest absolute Gasteiger partial charge is 0.338 e. The van der Waals surface area contributed by atoms with E-state index in [-0.39, 0.29) is 40.1 Å². The Labute approximate surface area is 200 Å². The van der Waals surface area contributed by atoms with Crippen LogP contribution in [-0.4, -0.2) is 36.0 Å². The van der Waals surface area contributed by atoms with Crippen molar-refractivity contribution in [3.8, 4) is 0 Å². The van der Waals surface area contributed by atoms with Gasteiger partial charge in [0.05, 0.1) is 5.56 Å². The van der Waals surface area contributed by atoms with Crippen molar-refractivity contribution in [2.24, 2.45) is 5.92 Å². The maximum atomic E-state index is 12.8. The van der Waals surface area contributed by atoms with Gasteiger partial charge < -0.3 is 15.4 Å². The molecule has 0 saturated heterocycles. The Hall–Kier alpha value is -4.59. The minimum absolute atomic E-state index is 0.0329. The first-order chi connectivity index (χ1) is 16.9. The molecule has 0 radical (unpaired) electrons. The van der Waals surface area contributed by atoms with Crippen molar-refractivity contribution in [3.63, 3.8) is 0 Å².